The van der Waals surface area contributed by atoms with Crippen LogP contribution in [0.4, 0.5) is 5.69 Å². The number of fused-ring (bicyclic) bond motifs is 1. The number of amides is 1. The summed E-state index contributed by atoms with van der Waals surface area (Å²) >= 11 is 0. The Morgan fingerprint density at radius 1 is 1.35 bits per heavy atom. The number of hydrogen-bond acceptors (Lipinski definition) is 4. The molecule has 0 saturated heterocycles. The van der Waals surface area contributed by atoms with E-state index in [0.717, 1.165) is 16.6 Å². The van der Waals surface area contributed by atoms with Crippen molar-refractivity contribution in [1.82, 2.24) is 10.2 Å². The number of anilines is 1. The maximum atomic E-state index is 10.6. The monoisotopic (exact) mass is 230 g/mol. The second kappa shape index (κ2) is 5.25. The van der Waals surface area contributed by atoms with E-state index in [9.17, 15) is 4.79 Å². The number of carbonyl (C=O) groups excluding carboxylic acids is 1. The summed E-state index contributed by atoms with van der Waals surface area (Å²) in [5.41, 5.74) is 6.86. The smallest absolute Gasteiger partial charge is 0.217 e. The van der Waals surface area contributed by atoms with E-state index in [2.05, 4.69) is 15.5 Å². The Morgan fingerprint density at radius 2 is 2.18 bits per heavy atom. The van der Waals surface area contributed by atoms with Crippen LogP contribution in [0.2, 0.25) is 0 Å². The first-order valence-corrected chi connectivity index (χ1v) is 5.50. The zero-order valence-corrected chi connectivity index (χ0v) is 9.39. The van der Waals surface area contributed by atoms with Gasteiger partial charge in [-0.15, -0.1) is 0 Å². The van der Waals surface area contributed by atoms with Crippen LogP contribution in [0.15, 0.2) is 30.5 Å². The van der Waals surface area contributed by atoms with Gasteiger partial charge in [0.2, 0.25) is 5.91 Å². The van der Waals surface area contributed by atoms with E-state index in [4.69, 9.17) is 5.73 Å². The van der Waals surface area contributed by atoms with E-state index in [1.807, 2.05) is 24.3 Å². The molecule has 1 heterocycles. The zero-order chi connectivity index (χ0) is 12.1. The van der Waals surface area contributed by atoms with Gasteiger partial charge in [0.15, 0.2) is 0 Å². The zero-order valence-electron chi connectivity index (χ0n) is 9.39. The maximum Gasteiger partial charge on any atom is 0.217 e. The summed E-state index contributed by atoms with van der Waals surface area (Å²) in [7, 11) is 0. The molecule has 0 atom stereocenters. The molecular formula is C12H14N4O. The Kier molecular flexibility index (Phi) is 3.49. The van der Waals surface area contributed by atoms with Crippen molar-refractivity contribution in [3.8, 4) is 0 Å². The quantitative estimate of drug-likeness (QED) is 0.759. The summed E-state index contributed by atoms with van der Waals surface area (Å²) in [6, 6.07) is 7.78. The number of carbonyl (C=O) groups is 1. The third kappa shape index (κ3) is 2.90. The first-order valence-electron chi connectivity index (χ1n) is 5.50. The largest absolute Gasteiger partial charge is 0.383 e. The minimum absolute atomic E-state index is 0.274. The first kappa shape index (κ1) is 11.3. The molecule has 0 fully saturated rings. The molecule has 1 amide bonds. The highest BCUT2D eigenvalue weighted by atomic mass is 16.1. The van der Waals surface area contributed by atoms with Gasteiger partial charge in [-0.3, -0.25) is 4.79 Å². The van der Waals surface area contributed by atoms with Crippen molar-refractivity contribution in [2.75, 3.05) is 11.9 Å². The normalized spacial score (nSPS) is 10.4. The van der Waals surface area contributed by atoms with Crippen molar-refractivity contribution in [2.45, 2.75) is 12.8 Å². The molecule has 3 N–H and O–H groups in total. The summed E-state index contributed by atoms with van der Waals surface area (Å²) in [4.78, 5) is 10.6. The van der Waals surface area contributed by atoms with E-state index in [-0.39, 0.29) is 5.91 Å². The molecule has 0 aliphatic heterocycles. The average Bonchev–Trinajstić information content (AvgIpc) is 2.34. The summed E-state index contributed by atoms with van der Waals surface area (Å²) in [6.07, 6.45) is 2.79. The highest BCUT2D eigenvalue weighted by Gasteiger charge is 2.01. The molecule has 0 spiro atoms. The minimum atomic E-state index is -0.274. The molecule has 5 nitrogen and oxygen atoms in total. The molecule has 2 aromatic rings. The van der Waals surface area contributed by atoms with Gasteiger partial charge in [0.1, 0.15) is 0 Å². The van der Waals surface area contributed by atoms with Gasteiger partial charge in [-0.1, -0.05) is 18.2 Å². The number of benzene rings is 1. The van der Waals surface area contributed by atoms with E-state index in [1.165, 1.54) is 0 Å². The molecule has 0 aliphatic carbocycles. The minimum Gasteiger partial charge on any atom is -0.383 e. The van der Waals surface area contributed by atoms with Gasteiger partial charge in [0, 0.05) is 18.4 Å². The lowest BCUT2D eigenvalue weighted by molar-refractivity contribution is -0.118. The van der Waals surface area contributed by atoms with Gasteiger partial charge < -0.3 is 11.1 Å². The van der Waals surface area contributed by atoms with Gasteiger partial charge in [0.05, 0.1) is 17.4 Å². The van der Waals surface area contributed by atoms with Gasteiger partial charge in [-0.25, -0.2) is 0 Å². The van der Waals surface area contributed by atoms with E-state index >= 15 is 0 Å². The van der Waals surface area contributed by atoms with Gasteiger partial charge in [-0.05, 0) is 12.5 Å². The average molecular weight is 230 g/mol. The molecule has 5 heteroatoms. The molecule has 1 aromatic carbocycles. The lowest BCUT2D eigenvalue weighted by atomic mass is 10.2. The number of aromatic nitrogens is 2. The fourth-order valence-electron chi connectivity index (χ4n) is 1.63. The highest BCUT2D eigenvalue weighted by Crippen LogP contribution is 2.19. The summed E-state index contributed by atoms with van der Waals surface area (Å²) in [5, 5.41) is 12.2. The van der Waals surface area contributed by atoms with Gasteiger partial charge in [0.25, 0.3) is 0 Å². The Balaban J connectivity index is 2.05. The summed E-state index contributed by atoms with van der Waals surface area (Å²) in [6.45, 7) is 0.693. The second-order valence-corrected chi connectivity index (χ2v) is 3.77. The van der Waals surface area contributed by atoms with Crippen molar-refractivity contribution < 1.29 is 4.79 Å². The van der Waals surface area contributed by atoms with Crippen molar-refractivity contribution in [2.24, 2.45) is 5.73 Å². The van der Waals surface area contributed by atoms with Crippen LogP contribution in [0.1, 0.15) is 12.8 Å². The van der Waals surface area contributed by atoms with Crippen molar-refractivity contribution in [3.63, 3.8) is 0 Å². The number of nitrogens with two attached hydrogens (primary N) is 1. The van der Waals surface area contributed by atoms with Gasteiger partial charge in [-0.2, -0.15) is 10.2 Å². The first-order chi connectivity index (χ1) is 8.27. The fraction of sp³-hybridized carbons (Fsp3) is 0.250. The van der Waals surface area contributed by atoms with Crippen LogP contribution in [0.25, 0.3) is 10.9 Å². The molecule has 1 aromatic heterocycles. The molecule has 0 aliphatic rings. The SMILES string of the molecule is NC(=O)CCCNc1cnnc2ccccc12. The Hall–Kier alpha value is -2.17. The molecule has 2 rings (SSSR count). The fourth-order valence-corrected chi connectivity index (χ4v) is 1.63. The molecule has 0 bridgehead atoms. The third-order valence-corrected chi connectivity index (χ3v) is 2.46. The Morgan fingerprint density at radius 3 is 3.00 bits per heavy atom. The van der Waals surface area contributed by atoms with Crippen molar-refractivity contribution in [1.29, 1.82) is 0 Å². The van der Waals surface area contributed by atoms with Gasteiger partial charge >= 0.3 is 0 Å². The molecule has 0 saturated carbocycles. The second-order valence-electron chi connectivity index (χ2n) is 3.77. The van der Waals surface area contributed by atoms with Crippen LogP contribution < -0.4 is 11.1 Å². The van der Waals surface area contributed by atoms with E-state index < -0.39 is 0 Å². The predicted octanol–water partition coefficient (Wildman–Crippen LogP) is 1.31. The van der Waals surface area contributed by atoms with Crippen molar-refractivity contribution in [3.05, 3.63) is 30.5 Å². The van der Waals surface area contributed by atoms with Crippen LogP contribution in [0, 0.1) is 0 Å². The molecule has 88 valence electrons. The van der Waals surface area contributed by atoms with E-state index in [1.54, 1.807) is 6.20 Å². The molecular weight excluding hydrogens is 216 g/mol. The Bertz CT molecular complexity index is 521. The highest BCUT2D eigenvalue weighted by molar-refractivity contribution is 5.90. The number of rotatable bonds is 5. The standard InChI is InChI=1S/C12H14N4O/c13-12(17)6-3-7-14-11-8-15-16-10-5-2-1-4-9(10)11/h1-2,4-5,8H,3,6-7H2,(H2,13,17)(H,14,16). The van der Waals surface area contributed by atoms with E-state index in [0.29, 0.717) is 19.4 Å². The number of hydrogen-bond donors (Lipinski definition) is 2. The van der Waals surface area contributed by atoms with Crippen LogP contribution in [-0.4, -0.2) is 22.6 Å². The van der Waals surface area contributed by atoms with Crippen LogP contribution in [-0.2, 0) is 4.79 Å². The lowest BCUT2D eigenvalue weighted by Gasteiger charge is -2.07. The van der Waals surface area contributed by atoms with Crippen LogP contribution in [0.5, 0.6) is 0 Å². The third-order valence-electron chi connectivity index (χ3n) is 2.46. The Labute approximate surface area is 99.0 Å². The predicted molar refractivity (Wildman–Crippen MR) is 66.5 cm³/mol. The van der Waals surface area contributed by atoms with Crippen molar-refractivity contribution >= 4 is 22.5 Å². The molecule has 17 heavy (non-hydrogen) atoms. The maximum absolute atomic E-state index is 10.6. The summed E-state index contributed by atoms with van der Waals surface area (Å²) < 4.78 is 0. The summed E-state index contributed by atoms with van der Waals surface area (Å²) in [5.74, 6) is -0.274. The lowest BCUT2D eigenvalue weighted by Crippen LogP contribution is -2.12. The molecule has 0 unspecified atom stereocenters. The number of primary amides is 1. The van der Waals surface area contributed by atoms with Crippen LogP contribution >= 0.6 is 0 Å². The number of nitrogens with zero attached hydrogens (tertiary/aromatic N) is 2. The number of nitrogens with one attached hydrogen (secondary N) is 1. The topological polar surface area (TPSA) is 80.9 Å². The van der Waals surface area contributed by atoms with Crippen LogP contribution in [0.3, 0.4) is 0 Å². The molecule has 0 radical (unpaired) electrons.